The van der Waals surface area contributed by atoms with Gasteiger partial charge in [0.05, 0.1) is 6.07 Å². The summed E-state index contributed by atoms with van der Waals surface area (Å²) in [7, 11) is 2.17. The minimum Gasteiger partial charge on any atom is -0.304 e. The predicted molar refractivity (Wildman–Crippen MR) is 65.0 cm³/mol. The highest BCUT2D eigenvalue weighted by molar-refractivity contribution is 5.11. The summed E-state index contributed by atoms with van der Waals surface area (Å²) < 4.78 is 0. The molecule has 2 fully saturated rings. The van der Waals surface area contributed by atoms with Gasteiger partial charge in [0.2, 0.25) is 0 Å². The molecule has 0 radical (unpaired) electrons. The Labute approximate surface area is 99.0 Å². The third-order valence-electron chi connectivity index (χ3n) is 4.29. The zero-order chi connectivity index (χ0) is 11.6. The summed E-state index contributed by atoms with van der Waals surface area (Å²) in [5.41, 5.74) is -0.140. The van der Waals surface area contributed by atoms with Crippen molar-refractivity contribution in [3.8, 4) is 6.07 Å². The SMILES string of the molecule is CC1CCCC(C#N)(N2CCN(C)CC2)C1. The molecule has 1 heterocycles. The third-order valence-corrected chi connectivity index (χ3v) is 4.29. The van der Waals surface area contributed by atoms with Crippen molar-refractivity contribution in [2.75, 3.05) is 33.2 Å². The molecular formula is C13H23N3. The van der Waals surface area contributed by atoms with Crippen LogP contribution in [0.5, 0.6) is 0 Å². The van der Waals surface area contributed by atoms with Crippen molar-refractivity contribution in [2.45, 2.75) is 38.1 Å². The van der Waals surface area contributed by atoms with Crippen LogP contribution in [0.25, 0.3) is 0 Å². The van der Waals surface area contributed by atoms with Gasteiger partial charge in [-0.05, 0) is 25.8 Å². The van der Waals surface area contributed by atoms with Gasteiger partial charge in [-0.1, -0.05) is 19.8 Å². The van der Waals surface area contributed by atoms with Crippen molar-refractivity contribution in [1.82, 2.24) is 9.80 Å². The molecule has 3 nitrogen and oxygen atoms in total. The molecule has 90 valence electrons. The molecule has 1 aliphatic heterocycles. The van der Waals surface area contributed by atoms with Gasteiger partial charge < -0.3 is 4.90 Å². The topological polar surface area (TPSA) is 30.3 Å². The highest BCUT2D eigenvalue weighted by Crippen LogP contribution is 2.36. The molecule has 0 aromatic rings. The molecule has 0 N–H and O–H groups in total. The summed E-state index contributed by atoms with van der Waals surface area (Å²) >= 11 is 0. The van der Waals surface area contributed by atoms with E-state index < -0.39 is 0 Å². The summed E-state index contributed by atoms with van der Waals surface area (Å²) in [5, 5.41) is 9.57. The lowest BCUT2D eigenvalue weighted by atomic mass is 9.76. The molecule has 0 aromatic carbocycles. The molecule has 2 aliphatic rings. The van der Waals surface area contributed by atoms with E-state index in [-0.39, 0.29) is 5.54 Å². The van der Waals surface area contributed by atoms with Gasteiger partial charge >= 0.3 is 0 Å². The Kier molecular flexibility index (Phi) is 3.51. The third kappa shape index (κ3) is 2.23. The smallest absolute Gasteiger partial charge is 0.109 e. The van der Waals surface area contributed by atoms with E-state index in [1.807, 2.05) is 0 Å². The summed E-state index contributed by atoms with van der Waals surface area (Å²) in [4.78, 5) is 4.80. The molecule has 1 saturated carbocycles. The van der Waals surface area contributed by atoms with E-state index in [0.717, 1.165) is 39.0 Å². The first kappa shape index (κ1) is 11.9. The van der Waals surface area contributed by atoms with Crippen molar-refractivity contribution in [1.29, 1.82) is 5.26 Å². The fourth-order valence-corrected chi connectivity index (χ4v) is 3.22. The monoisotopic (exact) mass is 221 g/mol. The lowest BCUT2D eigenvalue weighted by Crippen LogP contribution is -2.57. The van der Waals surface area contributed by atoms with Crippen molar-refractivity contribution in [2.24, 2.45) is 5.92 Å². The normalized spacial score (nSPS) is 38.2. The fourth-order valence-electron chi connectivity index (χ4n) is 3.22. The van der Waals surface area contributed by atoms with Crippen LogP contribution < -0.4 is 0 Å². The van der Waals surface area contributed by atoms with Gasteiger partial charge in [-0.2, -0.15) is 5.26 Å². The fraction of sp³-hybridized carbons (Fsp3) is 0.923. The Morgan fingerprint density at radius 1 is 1.25 bits per heavy atom. The van der Waals surface area contributed by atoms with Crippen molar-refractivity contribution < 1.29 is 0 Å². The van der Waals surface area contributed by atoms with E-state index in [1.165, 1.54) is 12.8 Å². The first-order valence-corrected chi connectivity index (χ1v) is 6.51. The lowest BCUT2D eigenvalue weighted by molar-refractivity contribution is 0.0373. The van der Waals surface area contributed by atoms with Gasteiger partial charge in [0, 0.05) is 26.2 Å². The Hall–Kier alpha value is -0.590. The second kappa shape index (κ2) is 4.73. The molecule has 0 aromatic heterocycles. The van der Waals surface area contributed by atoms with Gasteiger partial charge in [-0.25, -0.2) is 0 Å². The first-order valence-electron chi connectivity index (χ1n) is 6.51. The number of likely N-dealkylation sites (N-methyl/N-ethyl adjacent to an activating group) is 1. The number of nitrogens with zero attached hydrogens (tertiary/aromatic N) is 3. The molecule has 16 heavy (non-hydrogen) atoms. The number of rotatable bonds is 1. The van der Waals surface area contributed by atoms with Crippen LogP contribution in [0.3, 0.4) is 0 Å². The van der Waals surface area contributed by atoms with E-state index in [9.17, 15) is 5.26 Å². The van der Waals surface area contributed by atoms with Crippen LogP contribution in [-0.4, -0.2) is 48.6 Å². The molecule has 2 rings (SSSR count). The molecule has 0 amide bonds. The molecule has 2 atom stereocenters. The summed E-state index contributed by atoms with van der Waals surface area (Å²) in [5.74, 6) is 0.716. The lowest BCUT2D eigenvalue weighted by Gasteiger charge is -2.46. The Balaban J connectivity index is 2.06. The maximum absolute atomic E-state index is 9.57. The number of hydrogen-bond donors (Lipinski definition) is 0. The van der Waals surface area contributed by atoms with E-state index >= 15 is 0 Å². The number of nitriles is 1. The first-order chi connectivity index (χ1) is 7.66. The molecule has 2 unspecified atom stereocenters. The van der Waals surface area contributed by atoms with Crippen LogP contribution in [-0.2, 0) is 0 Å². The van der Waals surface area contributed by atoms with Crippen LogP contribution in [0.1, 0.15) is 32.6 Å². The van der Waals surface area contributed by atoms with Crippen molar-refractivity contribution in [3.05, 3.63) is 0 Å². The maximum Gasteiger partial charge on any atom is 0.109 e. The standard InChI is InChI=1S/C13H23N3/c1-12-4-3-5-13(10-12,11-14)16-8-6-15(2)7-9-16/h12H,3-10H2,1-2H3. The predicted octanol–water partition coefficient (Wildman–Crippen LogP) is 1.71. The highest BCUT2D eigenvalue weighted by atomic mass is 15.3. The minimum atomic E-state index is -0.140. The summed E-state index contributed by atoms with van der Waals surface area (Å²) in [6.07, 6.45) is 4.68. The van der Waals surface area contributed by atoms with Crippen LogP contribution in [0.4, 0.5) is 0 Å². The zero-order valence-electron chi connectivity index (χ0n) is 10.6. The van der Waals surface area contributed by atoms with Gasteiger partial charge in [0.15, 0.2) is 0 Å². The summed E-state index contributed by atoms with van der Waals surface area (Å²) in [6.45, 7) is 6.64. The molecule has 1 aliphatic carbocycles. The van der Waals surface area contributed by atoms with E-state index in [4.69, 9.17) is 0 Å². The minimum absolute atomic E-state index is 0.140. The van der Waals surface area contributed by atoms with E-state index in [1.54, 1.807) is 0 Å². The quantitative estimate of drug-likeness (QED) is 0.675. The largest absolute Gasteiger partial charge is 0.304 e. The second-order valence-corrected chi connectivity index (χ2v) is 5.64. The average molecular weight is 221 g/mol. The Bertz CT molecular complexity index is 275. The molecule has 0 bridgehead atoms. The Morgan fingerprint density at radius 3 is 2.50 bits per heavy atom. The Morgan fingerprint density at radius 2 is 1.94 bits per heavy atom. The van der Waals surface area contributed by atoms with Crippen LogP contribution in [0.2, 0.25) is 0 Å². The molecular weight excluding hydrogens is 198 g/mol. The van der Waals surface area contributed by atoms with Gasteiger partial charge in [0.1, 0.15) is 5.54 Å². The molecule has 1 saturated heterocycles. The zero-order valence-corrected chi connectivity index (χ0v) is 10.6. The maximum atomic E-state index is 9.57. The van der Waals surface area contributed by atoms with E-state index in [2.05, 4.69) is 29.8 Å². The van der Waals surface area contributed by atoms with Crippen LogP contribution in [0, 0.1) is 17.2 Å². The second-order valence-electron chi connectivity index (χ2n) is 5.64. The average Bonchev–Trinajstić information content (AvgIpc) is 2.29. The summed E-state index contributed by atoms with van der Waals surface area (Å²) in [6, 6.07) is 2.64. The van der Waals surface area contributed by atoms with Gasteiger partial charge in [0.25, 0.3) is 0 Å². The van der Waals surface area contributed by atoms with Gasteiger partial charge in [-0.15, -0.1) is 0 Å². The molecule has 0 spiro atoms. The number of hydrogen-bond acceptors (Lipinski definition) is 3. The van der Waals surface area contributed by atoms with Crippen molar-refractivity contribution in [3.63, 3.8) is 0 Å². The van der Waals surface area contributed by atoms with Gasteiger partial charge in [-0.3, -0.25) is 4.90 Å². The number of piperazine rings is 1. The van der Waals surface area contributed by atoms with Crippen LogP contribution in [0.15, 0.2) is 0 Å². The highest BCUT2D eigenvalue weighted by Gasteiger charge is 2.41. The van der Waals surface area contributed by atoms with Crippen molar-refractivity contribution >= 4 is 0 Å². The molecule has 3 heteroatoms. The van der Waals surface area contributed by atoms with E-state index in [0.29, 0.717) is 5.92 Å². The van der Waals surface area contributed by atoms with Crippen LogP contribution >= 0.6 is 0 Å².